The molecule has 0 amide bonds. The Hall–Kier alpha value is -1.70. The van der Waals surface area contributed by atoms with E-state index in [-0.39, 0.29) is 5.60 Å². The van der Waals surface area contributed by atoms with Crippen molar-refractivity contribution in [3.05, 3.63) is 40.5 Å². The van der Waals surface area contributed by atoms with E-state index in [1.165, 1.54) is 24.0 Å². The topological polar surface area (TPSA) is 29.5 Å². The zero-order valence-corrected chi connectivity index (χ0v) is 15.9. The molecule has 0 fully saturated rings. The lowest BCUT2D eigenvalue weighted by molar-refractivity contribution is 0.128. The fourth-order valence-corrected chi connectivity index (χ4v) is 3.21. The Morgan fingerprint density at radius 2 is 2.04 bits per heavy atom. The quantitative estimate of drug-likeness (QED) is 0.467. The van der Waals surface area contributed by atoms with E-state index in [1.807, 2.05) is 13.0 Å². The van der Waals surface area contributed by atoms with Crippen molar-refractivity contribution in [2.75, 3.05) is 0 Å². The van der Waals surface area contributed by atoms with Crippen LogP contribution in [0.25, 0.3) is 6.08 Å². The number of allylic oxidation sites excluding steroid dienone is 2. The molecule has 0 aromatic heterocycles. The first-order valence-corrected chi connectivity index (χ1v) is 9.23. The molecule has 0 saturated carbocycles. The fourth-order valence-electron chi connectivity index (χ4n) is 3.21. The van der Waals surface area contributed by atoms with Crippen LogP contribution >= 0.6 is 0 Å². The van der Waals surface area contributed by atoms with Crippen LogP contribution in [0.5, 0.6) is 11.5 Å². The van der Waals surface area contributed by atoms with E-state index >= 15 is 0 Å². The van der Waals surface area contributed by atoms with Crippen molar-refractivity contribution in [3.8, 4) is 11.5 Å². The average Bonchev–Trinajstić information content (AvgIpc) is 2.51. The Morgan fingerprint density at radius 3 is 2.71 bits per heavy atom. The molecular formula is C22H32O2. The lowest BCUT2D eigenvalue weighted by atomic mass is 9.91. The van der Waals surface area contributed by atoms with Crippen molar-refractivity contribution >= 4 is 6.08 Å². The molecule has 0 saturated heterocycles. The highest BCUT2D eigenvalue weighted by Crippen LogP contribution is 2.41. The van der Waals surface area contributed by atoms with Crippen LogP contribution in [0.1, 0.15) is 76.5 Å². The van der Waals surface area contributed by atoms with E-state index in [0.717, 1.165) is 42.6 Å². The van der Waals surface area contributed by atoms with Gasteiger partial charge in [0.05, 0.1) is 5.56 Å². The number of rotatable bonds is 7. The summed E-state index contributed by atoms with van der Waals surface area (Å²) in [6.07, 6.45) is 12.9. The van der Waals surface area contributed by atoms with Crippen LogP contribution < -0.4 is 4.74 Å². The molecule has 1 unspecified atom stereocenters. The van der Waals surface area contributed by atoms with Crippen molar-refractivity contribution in [2.45, 2.75) is 78.7 Å². The molecule has 0 radical (unpaired) electrons. The van der Waals surface area contributed by atoms with Gasteiger partial charge in [-0.2, -0.15) is 0 Å². The maximum absolute atomic E-state index is 10.6. The predicted molar refractivity (Wildman–Crippen MR) is 103 cm³/mol. The van der Waals surface area contributed by atoms with Gasteiger partial charge < -0.3 is 9.84 Å². The summed E-state index contributed by atoms with van der Waals surface area (Å²) in [7, 11) is 0. The number of fused-ring (bicyclic) bond motifs is 1. The van der Waals surface area contributed by atoms with Gasteiger partial charge in [0, 0.05) is 0 Å². The molecular weight excluding hydrogens is 296 g/mol. The number of ether oxygens (including phenoxy) is 1. The third-order valence-corrected chi connectivity index (χ3v) is 4.85. The Bertz CT molecular complexity index is 636. The minimum Gasteiger partial charge on any atom is -0.507 e. The number of phenolic OH excluding ortho intramolecular Hbond substituents is 1. The normalized spacial score (nSPS) is 18.9. The number of aromatic hydroxyl groups is 1. The van der Waals surface area contributed by atoms with Crippen LogP contribution in [0.3, 0.4) is 0 Å². The number of phenols is 1. The highest BCUT2D eigenvalue weighted by Gasteiger charge is 2.29. The van der Waals surface area contributed by atoms with E-state index < -0.39 is 0 Å². The highest BCUT2D eigenvalue weighted by atomic mass is 16.5. The number of hydrogen-bond donors (Lipinski definition) is 1. The minimum absolute atomic E-state index is 0.304. The van der Waals surface area contributed by atoms with Gasteiger partial charge in [-0.25, -0.2) is 0 Å². The van der Waals surface area contributed by atoms with Crippen molar-refractivity contribution in [1.29, 1.82) is 0 Å². The van der Waals surface area contributed by atoms with Crippen molar-refractivity contribution in [1.82, 2.24) is 0 Å². The number of benzene rings is 1. The standard InChI is InChI=1S/C22H32O2/c1-6-7-8-11-18-15-20-19(21(23)17(18)4)12-14-22(5,24-20)13-9-10-16(2)3/h10,12,14-15,23H,6-9,11,13H2,1-5H3. The summed E-state index contributed by atoms with van der Waals surface area (Å²) < 4.78 is 6.31. The van der Waals surface area contributed by atoms with Gasteiger partial charge in [0.2, 0.25) is 0 Å². The first-order valence-electron chi connectivity index (χ1n) is 9.23. The maximum Gasteiger partial charge on any atom is 0.131 e. The van der Waals surface area contributed by atoms with Gasteiger partial charge in [0.15, 0.2) is 0 Å². The molecule has 1 heterocycles. The molecule has 0 aliphatic carbocycles. The summed E-state index contributed by atoms with van der Waals surface area (Å²) in [4.78, 5) is 0. The Morgan fingerprint density at radius 1 is 1.29 bits per heavy atom. The van der Waals surface area contributed by atoms with Gasteiger partial charge in [0.1, 0.15) is 17.1 Å². The zero-order valence-electron chi connectivity index (χ0n) is 15.9. The first kappa shape index (κ1) is 18.6. The van der Waals surface area contributed by atoms with E-state index in [2.05, 4.69) is 45.9 Å². The van der Waals surface area contributed by atoms with E-state index in [0.29, 0.717) is 5.75 Å². The summed E-state index contributed by atoms with van der Waals surface area (Å²) in [5.41, 5.74) is 4.06. The molecule has 132 valence electrons. The van der Waals surface area contributed by atoms with Crippen molar-refractivity contribution < 1.29 is 9.84 Å². The third kappa shape index (κ3) is 4.43. The van der Waals surface area contributed by atoms with Gasteiger partial charge >= 0.3 is 0 Å². The lowest BCUT2D eigenvalue weighted by Crippen LogP contribution is -2.31. The maximum atomic E-state index is 10.6. The number of unbranched alkanes of at least 4 members (excludes halogenated alkanes) is 2. The Balaban J connectivity index is 2.21. The van der Waals surface area contributed by atoms with E-state index in [9.17, 15) is 5.11 Å². The summed E-state index contributed by atoms with van der Waals surface area (Å²) in [6, 6.07) is 2.14. The fraction of sp³-hybridized carbons (Fsp3) is 0.545. The van der Waals surface area contributed by atoms with Crippen LogP contribution in [0.4, 0.5) is 0 Å². The molecule has 1 aromatic carbocycles. The second-order valence-electron chi connectivity index (χ2n) is 7.45. The minimum atomic E-state index is -0.304. The molecule has 1 aliphatic rings. The molecule has 1 aliphatic heterocycles. The molecule has 2 rings (SSSR count). The van der Waals surface area contributed by atoms with Crippen molar-refractivity contribution in [2.24, 2.45) is 0 Å². The molecule has 2 heteroatoms. The predicted octanol–water partition coefficient (Wildman–Crippen LogP) is 6.34. The summed E-state index contributed by atoms with van der Waals surface area (Å²) >= 11 is 0. The van der Waals surface area contributed by atoms with Crippen LogP contribution in [0.15, 0.2) is 23.8 Å². The molecule has 24 heavy (non-hydrogen) atoms. The molecule has 0 bridgehead atoms. The second-order valence-corrected chi connectivity index (χ2v) is 7.45. The molecule has 0 spiro atoms. The van der Waals surface area contributed by atoms with Crippen molar-refractivity contribution in [3.63, 3.8) is 0 Å². The van der Waals surface area contributed by atoms with Gasteiger partial charge in [-0.1, -0.05) is 31.4 Å². The Kier molecular flexibility index (Phi) is 6.15. The largest absolute Gasteiger partial charge is 0.507 e. The average molecular weight is 328 g/mol. The monoisotopic (exact) mass is 328 g/mol. The molecule has 1 N–H and O–H groups in total. The van der Waals surface area contributed by atoms with Crippen LogP contribution in [-0.2, 0) is 6.42 Å². The van der Waals surface area contributed by atoms with E-state index in [1.54, 1.807) is 0 Å². The van der Waals surface area contributed by atoms with Crippen LogP contribution in [-0.4, -0.2) is 10.7 Å². The SMILES string of the molecule is CCCCCc1cc2c(c(O)c1C)C=CC(C)(CCC=C(C)C)O2. The van der Waals surface area contributed by atoms with Crippen LogP contribution in [0, 0.1) is 6.92 Å². The van der Waals surface area contributed by atoms with E-state index in [4.69, 9.17) is 4.74 Å². The van der Waals surface area contributed by atoms with Gasteiger partial charge in [0.25, 0.3) is 0 Å². The number of aryl methyl sites for hydroxylation is 1. The van der Waals surface area contributed by atoms with Gasteiger partial charge in [-0.3, -0.25) is 0 Å². The third-order valence-electron chi connectivity index (χ3n) is 4.85. The molecule has 1 atom stereocenters. The second kappa shape index (κ2) is 7.92. The van der Waals surface area contributed by atoms with Gasteiger partial charge in [-0.15, -0.1) is 0 Å². The number of hydrogen-bond acceptors (Lipinski definition) is 2. The Labute approximate surface area is 147 Å². The zero-order chi connectivity index (χ0) is 17.7. The highest BCUT2D eigenvalue weighted by molar-refractivity contribution is 5.70. The molecule has 2 nitrogen and oxygen atoms in total. The van der Waals surface area contributed by atoms with Crippen LogP contribution in [0.2, 0.25) is 0 Å². The van der Waals surface area contributed by atoms with Gasteiger partial charge in [-0.05, 0) is 82.7 Å². The summed E-state index contributed by atoms with van der Waals surface area (Å²) in [5, 5.41) is 10.6. The summed E-state index contributed by atoms with van der Waals surface area (Å²) in [5.74, 6) is 1.20. The molecule has 1 aromatic rings. The first-order chi connectivity index (χ1) is 11.4. The smallest absolute Gasteiger partial charge is 0.131 e. The summed E-state index contributed by atoms with van der Waals surface area (Å²) in [6.45, 7) is 10.6. The lowest BCUT2D eigenvalue weighted by Gasteiger charge is -2.32.